The first-order chi connectivity index (χ1) is 18.1. The Morgan fingerprint density at radius 3 is 2.41 bits per heavy atom. The molecule has 0 aromatic heterocycles. The third kappa shape index (κ3) is 7.13. The lowest BCUT2D eigenvalue weighted by molar-refractivity contribution is -0.123. The Morgan fingerprint density at radius 2 is 1.70 bits per heavy atom. The Morgan fingerprint density at radius 1 is 1.00 bits per heavy atom. The number of fused-ring (bicyclic) bond motifs is 1. The Bertz CT molecular complexity index is 1180. The average molecular weight is 519 g/mol. The Labute approximate surface area is 223 Å². The van der Waals surface area contributed by atoms with Crippen LogP contribution in [0.4, 0.5) is 0 Å². The van der Waals surface area contributed by atoms with Gasteiger partial charge in [-0.3, -0.25) is 15.4 Å². The van der Waals surface area contributed by atoms with Crippen molar-refractivity contribution >= 4 is 24.4 Å². The summed E-state index contributed by atoms with van der Waals surface area (Å²) in [7, 11) is 0. The fourth-order valence-corrected chi connectivity index (χ4v) is 4.68. The van der Waals surface area contributed by atoms with Gasteiger partial charge in [-0.1, -0.05) is 72.8 Å². The van der Waals surface area contributed by atoms with E-state index in [1.54, 1.807) is 11.1 Å². The van der Waals surface area contributed by atoms with Crippen molar-refractivity contribution in [3.63, 3.8) is 0 Å². The molecule has 0 saturated carbocycles. The van der Waals surface area contributed by atoms with Crippen LogP contribution >= 0.6 is 12.6 Å². The highest BCUT2D eigenvalue weighted by molar-refractivity contribution is 7.80. The second kappa shape index (κ2) is 13.3. The minimum atomic E-state index is -0.754. The number of rotatable bonds is 11. The van der Waals surface area contributed by atoms with Crippen molar-refractivity contribution in [2.75, 3.05) is 18.9 Å². The van der Waals surface area contributed by atoms with Crippen molar-refractivity contribution in [3.05, 3.63) is 101 Å². The summed E-state index contributed by atoms with van der Waals surface area (Å²) in [5.74, 6) is 7.03. The largest absolute Gasteiger partial charge is 0.492 e. The maximum absolute atomic E-state index is 13.5. The number of ether oxygens (including phenoxy) is 1. The number of thiol groups is 1. The Kier molecular flexibility index (Phi) is 9.59. The fourth-order valence-electron chi connectivity index (χ4n) is 4.54. The number of nitrogens with zero attached hydrogens (tertiary/aromatic N) is 1. The van der Waals surface area contributed by atoms with Crippen LogP contribution < -0.4 is 21.2 Å². The lowest BCUT2D eigenvalue weighted by Crippen LogP contribution is -2.48. The molecule has 0 aliphatic carbocycles. The number of benzene rings is 3. The summed E-state index contributed by atoms with van der Waals surface area (Å²) < 4.78 is 5.97. The Balaban J connectivity index is 1.53. The van der Waals surface area contributed by atoms with Gasteiger partial charge in [0.05, 0.1) is 18.2 Å². The molecule has 4 rings (SSSR count). The van der Waals surface area contributed by atoms with Crippen LogP contribution in [0.3, 0.4) is 0 Å². The number of para-hydroxylation sites is 1. The molecule has 2 amide bonds. The zero-order valence-electron chi connectivity index (χ0n) is 20.8. The smallest absolute Gasteiger partial charge is 0.255 e. The van der Waals surface area contributed by atoms with Crippen LogP contribution in [0, 0.1) is 0 Å². The summed E-state index contributed by atoms with van der Waals surface area (Å²) in [4.78, 5) is 26.8. The van der Waals surface area contributed by atoms with E-state index >= 15 is 0 Å². The Hall–Kier alpha value is -3.33. The van der Waals surface area contributed by atoms with Crippen LogP contribution in [0.5, 0.6) is 5.75 Å². The highest BCUT2D eigenvalue weighted by atomic mass is 32.1. The van der Waals surface area contributed by atoms with Gasteiger partial charge in [0, 0.05) is 31.5 Å². The van der Waals surface area contributed by atoms with Crippen LogP contribution in [0.15, 0.2) is 78.9 Å². The molecule has 8 heteroatoms. The highest BCUT2D eigenvalue weighted by Gasteiger charge is 2.30. The molecule has 0 saturated heterocycles. The van der Waals surface area contributed by atoms with Crippen LogP contribution in [-0.4, -0.2) is 41.8 Å². The van der Waals surface area contributed by atoms with Crippen molar-refractivity contribution in [2.24, 2.45) is 5.84 Å². The fraction of sp³-hybridized carbons (Fsp3) is 0.310. The molecule has 0 unspecified atom stereocenters. The van der Waals surface area contributed by atoms with E-state index in [1.165, 1.54) is 0 Å². The summed E-state index contributed by atoms with van der Waals surface area (Å²) in [5, 5.41) is 7.73. The van der Waals surface area contributed by atoms with Gasteiger partial charge < -0.3 is 15.4 Å². The summed E-state index contributed by atoms with van der Waals surface area (Å²) in [6.45, 7) is 1.54. The molecule has 4 N–H and O–H groups in total. The first kappa shape index (κ1) is 26.7. The second-order valence-corrected chi connectivity index (χ2v) is 9.56. The molecule has 0 fully saturated rings. The highest BCUT2D eigenvalue weighted by Crippen LogP contribution is 2.37. The predicted molar refractivity (Wildman–Crippen MR) is 148 cm³/mol. The maximum Gasteiger partial charge on any atom is 0.255 e. The molecule has 194 valence electrons. The minimum Gasteiger partial charge on any atom is -0.492 e. The van der Waals surface area contributed by atoms with Gasteiger partial charge in [0.2, 0.25) is 5.91 Å². The van der Waals surface area contributed by atoms with Crippen molar-refractivity contribution in [1.29, 1.82) is 0 Å². The van der Waals surface area contributed by atoms with Crippen LogP contribution in [-0.2, 0) is 17.8 Å². The van der Waals surface area contributed by atoms with Crippen LogP contribution in [0.25, 0.3) is 0 Å². The summed E-state index contributed by atoms with van der Waals surface area (Å²) >= 11 is 4.28. The molecule has 0 spiro atoms. The lowest BCUT2D eigenvalue weighted by atomic mass is 9.96. The quantitative estimate of drug-likeness (QED) is 0.177. The SMILES string of the molecule is NN(CCCS)[C@H]1CCOc2c(C(=O)N[C@@H](Cc3ccccc3)C(=O)NCc3ccccc3)cccc21. The van der Waals surface area contributed by atoms with E-state index in [2.05, 4.69) is 23.3 Å². The molecule has 0 bridgehead atoms. The zero-order valence-corrected chi connectivity index (χ0v) is 21.7. The molecule has 1 heterocycles. The first-order valence-corrected chi connectivity index (χ1v) is 13.2. The van der Waals surface area contributed by atoms with E-state index in [9.17, 15) is 9.59 Å². The summed E-state index contributed by atoms with van der Waals surface area (Å²) in [6, 6.07) is 24.1. The minimum absolute atomic E-state index is 0.0503. The molecule has 7 nitrogen and oxygen atoms in total. The van der Waals surface area contributed by atoms with Crippen molar-refractivity contribution in [3.8, 4) is 5.75 Å². The number of carbonyl (C=O) groups excluding carboxylic acids is 2. The normalized spacial score (nSPS) is 15.4. The van der Waals surface area contributed by atoms with Crippen molar-refractivity contribution in [2.45, 2.75) is 37.9 Å². The molecular weight excluding hydrogens is 484 g/mol. The molecule has 1 aliphatic rings. The molecule has 37 heavy (non-hydrogen) atoms. The lowest BCUT2D eigenvalue weighted by Gasteiger charge is -2.33. The molecule has 0 radical (unpaired) electrons. The first-order valence-electron chi connectivity index (χ1n) is 12.6. The van der Waals surface area contributed by atoms with Crippen LogP contribution in [0.2, 0.25) is 0 Å². The molecule has 3 aromatic carbocycles. The second-order valence-electron chi connectivity index (χ2n) is 9.11. The summed E-state index contributed by atoms with van der Waals surface area (Å²) in [6.07, 6.45) is 1.97. The topological polar surface area (TPSA) is 96.7 Å². The van der Waals surface area contributed by atoms with E-state index in [1.807, 2.05) is 72.8 Å². The molecule has 2 atom stereocenters. The third-order valence-corrected chi connectivity index (χ3v) is 6.79. The van der Waals surface area contributed by atoms with E-state index in [4.69, 9.17) is 10.6 Å². The van der Waals surface area contributed by atoms with Gasteiger partial charge in [0.1, 0.15) is 11.8 Å². The monoisotopic (exact) mass is 518 g/mol. The average Bonchev–Trinajstić information content (AvgIpc) is 2.94. The number of hydrazine groups is 1. The van der Waals surface area contributed by atoms with Gasteiger partial charge in [-0.05, 0) is 29.4 Å². The molecule has 3 aromatic rings. The predicted octanol–water partition coefficient (Wildman–Crippen LogP) is 3.66. The van der Waals surface area contributed by atoms with E-state index in [0.717, 1.165) is 35.3 Å². The molecule has 1 aliphatic heterocycles. The van der Waals surface area contributed by atoms with E-state index < -0.39 is 6.04 Å². The maximum atomic E-state index is 13.5. The zero-order chi connectivity index (χ0) is 26.0. The van der Waals surface area contributed by atoms with Gasteiger partial charge in [-0.25, -0.2) is 5.01 Å². The standard InChI is InChI=1S/C29H34N4O3S/c30-33(16-8-18-37)26-15-17-36-27-23(26)13-7-14-24(27)28(34)32-25(19-21-9-3-1-4-10-21)29(35)31-20-22-11-5-2-6-12-22/h1-7,9-14,25-26,37H,8,15-20,30H2,(H,31,35)(H,32,34)/t25-,26-/m0/s1. The van der Waals surface area contributed by atoms with Crippen LogP contribution in [0.1, 0.15) is 45.9 Å². The van der Waals surface area contributed by atoms with Crippen molar-refractivity contribution in [1.82, 2.24) is 15.6 Å². The van der Waals surface area contributed by atoms with E-state index in [-0.39, 0.29) is 17.9 Å². The number of carbonyl (C=O) groups is 2. The van der Waals surface area contributed by atoms with Gasteiger partial charge >= 0.3 is 0 Å². The number of nitrogens with two attached hydrogens (primary N) is 1. The number of amides is 2. The third-order valence-electron chi connectivity index (χ3n) is 6.48. The van der Waals surface area contributed by atoms with Gasteiger partial charge in [0.25, 0.3) is 5.91 Å². The van der Waals surface area contributed by atoms with Crippen molar-refractivity contribution < 1.29 is 14.3 Å². The number of hydrogen-bond donors (Lipinski definition) is 4. The number of nitrogens with one attached hydrogen (secondary N) is 2. The number of hydrogen-bond acceptors (Lipinski definition) is 6. The van der Waals surface area contributed by atoms with Gasteiger partial charge in [-0.2, -0.15) is 12.6 Å². The van der Waals surface area contributed by atoms with E-state index in [0.29, 0.717) is 37.4 Å². The summed E-state index contributed by atoms with van der Waals surface area (Å²) in [5.41, 5.74) is 3.23. The van der Waals surface area contributed by atoms with Gasteiger partial charge in [0.15, 0.2) is 0 Å². The van der Waals surface area contributed by atoms with Gasteiger partial charge in [-0.15, -0.1) is 0 Å². The molecular formula is C29H34N4O3S.